The van der Waals surface area contributed by atoms with Gasteiger partial charge in [0.1, 0.15) is 5.75 Å². The van der Waals surface area contributed by atoms with Crippen molar-refractivity contribution in [2.75, 3.05) is 6.61 Å². The molecule has 31 heavy (non-hydrogen) atoms. The van der Waals surface area contributed by atoms with Gasteiger partial charge in [-0.3, -0.25) is 0 Å². The molecule has 0 bridgehead atoms. The molecule has 0 spiro atoms. The van der Waals surface area contributed by atoms with E-state index in [9.17, 15) is 0 Å². The van der Waals surface area contributed by atoms with Crippen LogP contribution < -0.4 is 4.74 Å². The van der Waals surface area contributed by atoms with E-state index in [0.717, 1.165) is 43.5 Å². The first-order valence-electron chi connectivity index (χ1n) is 13.0. The number of rotatable bonds is 12. The molecule has 0 heterocycles. The lowest BCUT2D eigenvalue weighted by Crippen LogP contribution is -2.14. The van der Waals surface area contributed by atoms with Crippen molar-refractivity contribution in [2.45, 2.75) is 104 Å². The molecule has 0 atom stereocenters. The van der Waals surface area contributed by atoms with Crippen LogP contribution in [0.5, 0.6) is 5.75 Å². The summed E-state index contributed by atoms with van der Waals surface area (Å²) in [6.07, 6.45) is 15.8. The topological polar surface area (TPSA) is 9.23 Å². The highest BCUT2D eigenvalue weighted by Crippen LogP contribution is 2.39. The molecule has 170 valence electrons. The fourth-order valence-electron chi connectivity index (χ4n) is 5.17. The second-order valence-electron chi connectivity index (χ2n) is 9.75. The van der Waals surface area contributed by atoms with Gasteiger partial charge in [0.2, 0.25) is 0 Å². The lowest BCUT2D eigenvalue weighted by atomic mass is 9.76. The molecule has 1 saturated carbocycles. The van der Waals surface area contributed by atoms with E-state index in [1.165, 1.54) is 74.5 Å². The van der Waals surface area contributed by atoms with Gasteiger partial charge in [0.15, 0.2) is 0 Å². The molecule has 1 aliphatic rings. The van der Waals surface area contributed by atoms with Crippen molar-refractivity contribution in [1.82, 2.24) is 0 Å². The first kappa shape index (κ1) is 23.9. The van der Waals surface area contributed by atoms with E-state index in [2.05, 4.69) is 63.2 Å². The summed E-state index contributed by atoms with van der Waals surface area (Å²) in [5.41, 5.74) is 5.99. The maximum atomic E-state index is 5.78. The Hall–Kier alpha value is -1.76. The lowest BCUT2D eigenvalue weighted by Gasteiger charge is -2.30. The number of hydrogen-bond donors (Lipinski definition) is 0. The van der Waals surface area contributed by atoms with Gasteiger partial charge in [-0.1, -0.05) is 76.3 Å². The van der Waals surface area contributed by atoms with E-state index in [4.69, 9.17) is 4.74 Å². The maximum absolute atomic E-state index is 5.78. The van der Waals surface area contributed by atoms with Gasteiger partial charge >= 0.3 is 0 Å². The van der Waals surface area contributed by atoms with Crippen LogP contribution in [0.25, 0.3) is 0 Å². The van der Waals surface area contributed by atoms with Crippen LogP contribution in [0.2, 0.25) is 0 Å². The molecule has 0 amide bonds. The normalized spacial score (nSPS) is 18.8. The first-order valence-corrected chi connectivity index (χ1v) is 13.0. The van der Waals surface area contributed by atoms with Crippen LogP contribution in [-0.2, 0) is 12.8 Å². The van der Waals surface area contributed by atoms with Crippen LogP contribution in [0.15, 0.2) is 42.5 Å². The van der Waals surface area contributed by atoms with Crippen molar-refractivity contribution in [2.24, 2.45) is 5.92 Å². The highest BCUT2D eigenvalue weighted by molar-refractivity contribution is 5.35. The van der Waals surface area contributed by atoms with Gasteiger partial charge in [-0.15, -0.1) is 0 Å². The average molecular weight is 421 g/mol. The summed E-state index contributed by atoms with van der Waals surface area (Å²) in [7, 11) is 0. The first-order chi connectivity index (χ1) is 15.2. The van der Waals surface area contributed by atoms with Gasteiger partial charge in [-0.2, -0.15) is 0 Å². The minimum atomic E-state index is 0.789. The largest absolute Gasteiger partial charge is 0.494 e. The van der Waals surface area contributed by atoms with Gasteiger partial charge in [0, 0.05) is 0 Å². The standard InChI is InChI=1S/C30H44O/c1-4-6-8-9-25-12-17-28(18-13-25)30-21-16-27(23-24(30)3)11-10-26-14-19-29(20-15-26)31-22-7-5-2/h14-16,19-21,23,25,28H,4-13,17-18,22H2,1-3H3. The summed E-state index contributed by atoms with van der Waals surface area (Å²) in [5, 5.41) is 0. The SMILES string of the molecule is CCCCCC1CCC(c2ccc(CCc3ccc(OCCCC)cc3)cc2C)CC1. The predicted molar refractivity (Wildman–Crippen MR) is 134 cm³/mol. The highest BCUT2D eigenvalue weighted by Gasteiger charge is 2.23. The zero-order valence-corrected chi connectivity index (χ0v) is 20.3. The zero-order chi connectivity index (χ0) is 21.9. The quantitative estimate of drug-likeness (QED) is 0.312. The van der Waals surface area contributed by atoms with Crippen LogP contribution >= 0.6 is 0 Å². The third-order valence-corrected chi connectivity index (χ3v) is 7.23. The van der Waals surface area contributed by atoms with Crippen molar-refractivity contribution in [3.8, 4) is 5.75 Å². The fraction of sp³-hybridized carbons (Fsp3) is 0.600. The molecule has 0 saturated heterocycles. The summed E-state index contributed by atoms with van der Waals surface area (Å²) >= 11 is 0. The molecule has 1 nitrogen and oxygen atoms in total. The van der Waals surface area contributed by atoms with E-state index in [-0.39, 0.29) is 0 Å². The molecule has 0 unspecified atom stereocenters. The molecule has 0 aromatic heterocycles. The molecule has 2 aromatic carbocycles. The van der Waals surface area contributed by atoms with Gasteiger partial charge in [-0.25, -0.2) is 0 Å². The van der Waals surface area contributed by atoms with Gasteiger partial charge < -0.3 is 4.74 Å². The van der Waals surface area contributed by atoms with E-state index >= 15 is 0 Å². The second-order valence-corrected chi connectivity index (χ2v) is 9.75. The molecule has 1 aliphatic carbocycles. The lowest BCUT2D eigenvalue weighted by molar-refractivity contribution is 0.302. The van der Waals surface area contributed by atoms with Crippen molar-refractivity contribution >= 4 is 0 Å². The van der Waals surface area contributed by atoms with Crippen molar-refractivity contribution in [1.29, 1.82) is 0 Å². The Bertz CT molecular complexity index is 752. The number of benzene rings is 2. The Morgan fingerprint density at radius 3 is 2.13 bits per heavy atom. The molecule has 0 radical (unpaired) electrons. The minimum Gasteiger partial charge on any atom is -0.494 e. The van der Waals surface area contributed by atoms with Gasteiger partial charge in [-0.05, 0) is 98.1 Å². The molecule has 3 rings (SSSR count). The Labute approximate surface area is 191 Å². The minimum absolute atomic E-state index is 0.789. The van der Waals surface area contributed by atoms with Crippen LogP contribution in [0.1, 0.15) is 106 Å². The molecule has 0 aliphatic heterocycles. The Balaban J connectivity index is 1.46. The van der Waals surface area contributed by atoms with Crippen LogP contribution in [0, 0.1) is 12.8 Å². The molecular formula is C30H44O. The van der Waals surface area contributed by atoms with Gasteiger partial charge in [0.25, 0.3) is 0 Å². The van der Waals surface area contributed by atoms with E-state index in [1.807, 2.05) is 0 Å². The Morgan fingerprint density at radius 2 is 1.45 bits per heavy atom. The molecule has 0 N–H and O–H groups in total. The fourth-order valence-corrected chi connectivity index (χ4v) is 5.17. The average Bonchev–Trinajstić information content (AvgIpc) is 2.80. The third-order valence-electron chi connectivity index (χ3n) is 7.23. The molecule has 1 heteroatoms. The van der Waals surface area contributed by atoms with Crippen molar-refractivity contribution in [3.63, 3.8) is 0 Å². The number of hydrogen-bond acceptors (Lipinski definition) is 1. The monoisotopic (exact) mass is 420 g/mol. The summed E-state index contributed by atoms with van der Waals surface area (Å²) in [5.74, 6) is 2.78. The number of ether oxygens (including phenoxy) is 1. The number of aryl methyl sites for hydroxylation is 3. The molecule has 2 aromatic rings. The van der Waals surface area contributed by atoms with Crippen LogP contribution in [0.3, 0.4) is 0 Å². The molecule has 1 fully saturated rings. The number of unbranched alkanes of at least 4 members (excludes halogenated alkanes) is 3. The molecular weight excluding hydrogens is 376 g/mol. The second kappa shape index (κ2) is 12.9. The van der Waals surface area contributed by atoms with Crippen molar-refractivity contribution < 1.29 is 4.74 Å². The Kier molecular flexibility index (Phi) is 9.97. The summed E-state index contributed by atoms with van der Waals surface area (Å²) in [6.45, 7) is 7.65. The maximum Gasteiger partial charge on any atom is 0.119 e. The highest BCUT2D eigenvalue weighted by atomic mass is 16.5. The predicted octanol–water partition coefficient (Wildman–Crippen LogP) is 8.81. The zero-order valence-electron chi connectivity index (χ0n) is 20.3. The van der Waals surface area contributed by atoms with E-state index in [0.29, 0.717) is 0 Å². The summed E-state index contributed by atoms with van der Waals surface area (Å²) < 4.78 is 5.78. The van der Waals surface area contributed by atoms with Crippen molar-refractivity contribution in [3.05, 3.63) is 64.7 Å². The van der Waals surface area contributed by atoms with Crippen LogP contribution in [-0.4, -0.2) is 6.61 Å². The Morgan fingerprint density at radius 1 is 0.774 bits per heavy atom. The summed E-state index contributed by atoms with van der Waals surface area (Å²) in [6, 6.07) is 16.0. The third kappa shape index (κ3) is 7.70. The van der Waals surface area contributed by atoms with Crippen LogP contribution in [0.4, 0.5) is 0 Å². The smallest absolute Gasteiger partial charge is 0.119 e. The summed E-state index contributed by atoms with van der Waals surface area (Å²) in [4.78, 5) is 0. The van der Waals surface area contributed by atoms with E-state index in [1.54, 1.807) is 5.56 Å². The van der Waals surface area contributed by atoms with E-state index < -0.39 is 0 Å². The van der Waals surface area contributed by atoms with Gasteiger partial charge in [0.05, 0.1) is 6.61 Å².